The number of carbonyl (C=O) groups is 1. The summed E-state index contributed by atoms with van der Waals surface area (Å²) in [5.41, 5.74) is 2.48. The molecule has 0 aliphatic carbocycles. The first kappa shape index (κ1) is 14.6. The molecule has 0 heterocycles. The first-order valence-electron chi connectivity index (χ1n) is 6.43. The summed E-state index contributed by atoms with van der Waals surface area (Å²) in [5.74, 6) is -0.755. The normalized spacial score (nSPS) is 11.4. The molecule has 18 heavy (non-hydrogen) atoms. The minimum Gasteiger partial charge on any atom is -0.479 e. The van der Waals surface area contributed by atoms with E-state index in [-0.39, 0.29) is 0 Å². The Labute approximate surface area is 109 Å². The molecule has 100 valence electrons. The highest BCUT2D eigenvalue weighted by atomic mass is 16.4. The SMILES string of the molecule is CCC(CC)(C(=O)O)N(C)c1ccc(C)cc1C. The van der Waals surface area contributed by atoms with Crippen LogP contribution in [0.5, 0.6) is 0 Å². The van der Waals surface area contributed by atoms with Crippen LogP contribution in [-0.4, -0.2) is 23.7 Å². The minimum absolute atomic E-state index is 0.586. The largest absolute Gasteiger partial charge is 0.479 e. The van der Waals surface area contributed by atoms with E-state index in [9.17, 15) is 9.90 Å². The van der Waals surface area contributed by atoms with Crippen molar-refractivity contribution >= 4 is 11.7 Å². The molecule has 0 atom stereocenters. The van der Waals surface area contributed by atoms with Crippen molar-refractivity contribution in [2.24, 2.45) is 0 Å². The highest BCUT2D eigenvalue weighted by Gasteiger charge is 2.39. The maximum Gasteiger partial charge on any atom is 0.329 e. The molecule has 0 fully saturated rings. The molecule has 0 aliphatic rings. The predicted octanol–water partition coefficient (Wildman–Crippen LogP) is 3.38. The van der Waals surface area contributed by atoms with Crippen LogP contribution in [-0.2, 0) is 4.79 Å². The van der Waals surface area contributed by atoms with Crippen LogP contribution in [0.4, 0.5) is 5.69 Å². The molecule has 0 spiro atoms. The van der Waals surface area contributed by atoms with Crippen LogP contribution < -0.4 is 4.90 Å². The van der Waals surface area contributed by atoms with Crippen LogP contribution in [0.2, 0.25) is 0 Å². The zero-order chi connectivity index (χ0) is 13.9. The predicted molar refractivity (Wildman–Crippen MR) is 75.3 cm³/mol. The third kappa shape index (κ3) is 2.35. The van der Waals surface area contributed by atoms with E-state index < -0.39 is 11.5 Å². The van der Waals surface area contributed by atoms with Crippen molar-refractivity contribution in [2.45, 2.75) is 46.1 Å². The fourth-order valence-electron chi connectivity index (χ4n) is 2.58. The van der Waals surface area contributed by atoms with Gasteiger partial charge < -0.3 is 10.0 Å². The molecule has 0 aliphatic heterocycles. The summed E-state index contributed by atoms with van der Waals surface area (Å²) in [7, 11) is 1.87. The van der Waals surface area contributed by atoms with Gasteiger partial charge in [0.2, 0.25) is 0 Å². The number of carboxylic acids is 1. The van der Waals surface area contributed by atoms with Crippen LogP contribution in [0.3, 0.4) is 0 Å². The molecule has 3 nitrogen and oxygen atoms in total. The van der Waals surface area contributed by atoms with E-state index in [2.05, 4.69) is 6.07 Å². The second-order valence-electron chi connectivity index (χ2n) is 4.89. The fourth-order valence-corrected chi connectivity index (χ4v) is 2.58. The summed E-state index contributed by atoms with van der Waals surface area (Å²) >= 11 is 0. The average molecular weight is 249 g/mol. The summed E-state index contributed by atoms with van der Waals surface area (Å²) in [6.45, 7) is 7.92. The first-order valence-corrected chi connectivity index (χ1v) is 6.43. The number of anilines is 1. The fraction of sp³-hybridized carbons (Fsp3) is 0.533. The molecule has 0 saturated heterocycles. The second kappa shape index (κ2) is 5.42. The number of aliphatic carboxylic acids is 1. The van der Waals surface area contributed by atoms with E-state index in [1.807, 2.05) is 51.8 Å². The van der Waals surface area contributed by atoms with Gasteiger partial charge >= 0.3 is 5.97 Å². The number of hydrogen-bond donors (Lipinski definition) is 1. The summed E-state index contributed by atoms with van der Waals surface area (Å²) in [5, 5.41) is 9.56. The molecule has 1 N–H and O–H groups in total. The van der Waals surface area contributed by atoms with Crippen LogP contribution >= 0.6 is 0 Å². The zero-order valence-corrected chi connectivity index (χ0v) is 11.9. The summed E-state index contributed by atoms with van der Waals surface area (Å²) in [6.07, 6.45) is 1.17. The average Bonchev–Trinajstić information content (AvgIpc) is 2.30. The maximum atomic E-state index is 11.6. The van der Waals surface area contributed by atoms with Crippen molar-refractivity contribution in [3.63, 3.8) is 0 Å². The van der Waals surface area contributed by atoms with Crippen LogP contribution in [0, 0.1) is 13.8 Å². The maximum absolute atomic E-state index is 11.6. The number of nitrogens with zero attached hydrogens (tertiary/aromatic N) is 1. The molecule has 3 heteroatoms. The Bertz CT molecular complexity index is 436. The molecule has 1 aromatic rings. The topological polar surface area (TPSA) is 40.5 Å². The number of rotatable bonds is 5. The Morgan fingerprint density at radius 3 is 2.22 bits per heavy atom. The molecular formula is C15H23NO2. The monoisotopic (exact) mass is 249 g/mol. The molecule has 0 aromatic heterocycles. The van der Waals surface area contributed by atoms with Gasteiger partial charge in [0, 0.05) is 12.7 Å². The smallest absolute Gasteiger partial charge is 0.329 e. The van der Waals surface area contributed by atoms with Crippen molar-refractivity contribution in [1.82, 2.24) is 0 Å². The van der Waals surface area contributed by atoms with E-state index in [0.29, 0.717) is 12.8 Å². The Balaban J connectivity index is 3.25. The van der Waals surface area contributed by atoms with Crippen molar-refractivity contribution in [3.8, 4) is 0 Å². The molecular weight excluding hydrogens is 226 g/mol. The number of likely N-dealkylation sites (N-methyl/N-ethyl adjacent to an activating group) is 1. The van der Waals surface area contributed by atoms with Gasteiger partial charge in [-0.25, -0.2) is 4.79 Å². The van der Waals surface area contributed by atoms with Crippen molar-refractivity contribution < 1.29 is 9.90 Å². The lowest BCUT2D eigenvalue weighted by atomic mass is 9.90. The summed E-state index contributed by atoms with van der Waals surface area (Å²) in [6, 6.07) is 6.12. The first-order chi connectivity index (χ1) is 8.39. The second-order valence-corrected chi connectivity index (χ2v) is 4.89. The summed E-state index contributed by atoms with van der Waals surface area (Å²) in [4.78, 5) is 13.5. The molecule has 0 saturated carbocycles. The van der Waals surface area contributed by atoms with E-state index in [1.165, 1.54) is 5.56 Å². The highest BCUT2D eigenvalue weighted by molar-refractivity contribution is 5.83. The standard InChI is InChI=1S/C15H23NO2/c1-6-15(7-2,14(17)18)16(5)13-9-8-11(3)10-12(13)4/h8-10H,6-7H2,1-5H3,(H,17,18). The van der Waals surface area contributed by atoms with Gasteiger partial charge in [-0.3, -0.25) is 0 Å². The van der Waals surface area contributed by atoms with Crippen LogP contribution in [0.25, 0.3) is 0 Å². The van der Waals surface area contributed by atoms with Gasteiger partial charge in [0.05, 0.1) is 0 Å². The summed E-state index contributed by atoms with van der Waals surface area (Å²) < 4.78 is 0. The Morgan fingerprint density at radius 1 is 1.28 bits per heavy atom. The highest BCUT2D eigenvalue weighted by Crippen LogP contribution is 2.31. The molecule has 1 aromatic carbocycles. The number of aryl methyl sites for hydroxylation is 2. The van der Waals surface area contributed by atoms with Crippen LogP contribution in [0.15, 0.2) is 18.2 Å². The number of benzene rings is 1. The van der Waals surface area contributed by atoms with Gasteiger partial charge in [-0.2, -0.15) is 0 Å². The van der Waals surface area contributed by atoms with Gasteiger partial charge in [-0.05, 0) is 38.3 Å². The van der Waals surface area contributed by atoms with Gasteiger partial charge in [-0.15, -0.1) is 0 Å². The lowest BCUT2D eigenvalue weighted by molar-refractivity contribution is -0.143. The van der Waals surface area contributed by atoms with Crippen molar-refractivity contribution in [3.05, 3.63) is 29.3 Å². The molecule has 0 bridgehead atoms. The minimum atomic E-state index is -0.819. The lowest BCUT2D eigenvalue weighted by Crippen LogP contribution is -2.52. The Morgan fingerprint density at radius 2 is 1.83 bits per heavy atom. The quantitative estimate of drug-likeness (QED) is 0.869. The van der Waals surface area contributed by atoms with Gasteiger partial charge in [-0.1, -0.05) is 31.5 Å². The van der Waals surface area contributed by atoms with Crippen LogP contribution in [0.1, 0.15) is 37.8 Å². The van der Waals surface area contributed by atoms with E-state index >= 15 is 0 Å². The molecule has 1 rings (SSSR count). The van der Waals surface area contributed by atoms with Gasteiger partial charge in [0.25, 0.3) is 0 Å². The number of carboxylic acid groups (broad SMARTS) is 1. The van der Waals surface area contributed by atoms with E-state index in [1.54, 1.807) is 0 Å². The molecule has 0 unspecified atom stereocenters. The number of hydrogen-bond acceptors (Lipinski definition) is 2. The van der Waals surface area contributed by atoms with Gasteiger partial charge in [0.1, 0.15) is 5.54 Å². The van der Waals surface area contributed by atoms with Crippen molar-refractivity contribution in [1.29, 1.82) is 0 Å². The Kier molecular flexibility index (Phi) is 4.38. The Hall–Kier alpha value is -1.51. The van der Waals surface area contributed by atoms with E-state index in [0.717, 1.165) is 11.3 Å². The lowest BCUT2D eigenvalue weighted by Gasteiger charge is -2.39. The third-order valence-corrected chi connectivity index (χ3v) is 3.92. The molecule has 0 amide bonds. The van der Waals surface area contributed by atoms with E-state index in [4.69, 9.17) is 0 Å². The van der Waals surface area contributed by atoms with Crippen molar-refractivity contribution in [2.75, 3.05) is 11.9 Å². The third-order valence-electron chi connectivity index (χ3n) is 3.92. The zero-order valence-electron chi connectivity index (χ0n) is 11.9. The van der Waals surface area contributed by atoms with Gasteiger partial charge in [0.15, 0.2) is 0 Å². The molecule has 0 radical (unpaired) electrons.